The van der Waals surface area contributed by atoms with E-state index in [-0.39, 0.29) is 28.6 Å². The third kappa shape index (κ3) is 5.06. The molecule has 11 heteroatoms. The highest BCUT2D eigenvalue weighted by Gasteiger charge is 2.19. The van der Waals surface area contributed by atoms with Crippen molar-refractivity contribution in [2.24, 2.45) is 0 Å². The number of nitrogens with zero attached hydrogens (tertiary/aromatic N) is 5. The summed E-state index contributed by atoms with van der Waals surface area (Å²) in [4.78, 5) is 23.0. The van der Waals surface area contributed by atoms with Gasteiger partial charge in [0.25, 0.3) is 5.91 Å². The monoisotopic (exact) mass is 498 g/mol. The molecule has 4 aromatic rings. The molecule has 0 aliphatic heterocycles. The minimum atomic E-state index is -0.572. The first kappa shape index (κ1) is 21.4. The molecule has 32 heavy (non-hydrogen) atoms. The van der Waals surface area contributed by atoms with Crippen molar-refractivity contribution < 1.29 is 14.1 Å². The van der Waals surface area contributed by atoms with Crippen molar-refractivity contribution in [2.75, 3.05) is 5.32 Å². The zero-order valence-electron chi connectivity index (χ0n) is 16.5. The van der Waals surface area contributed by atoms with Crippen molar-refractivity contribution in [3.05, 3.63) is 104 Å². The summed E-state index contributed by atoms with van der Waals surface area (Å²) < 4.78 is 16.6. The van der Waals surface area contributed by atoms with Crippen LogP contribution >= 0.6 is 15.9 Å². The van der Waals surface area contributed by atoms with Gasteiger partial charge < -0.3 is 15.4 Å². The Morgan fingerprint density at radius 1 is 1.06 bits per heavy atom. The van der Waals surface area contributed by atoms with E-state index in [1.807, 2.05) is 0 Å². The Hall–Kier alpha value is -3.86. The van der Waals surface area contributed by atoms with Crippen LogP contribution in [0.15, 0.2) is 71.5 Å². The van der Waals surface area contributed by atoms with Gasteiger partial charge in [-0.3, -0.25) is 9.48 Å². The van der Waals surface area contributed by atoms with E-state index in [2.05, 4.69) is 31.4 Å². The van der Waals surface area contributed by atoms with E-state index in [0.717, 1.165) is 11.1 Å². The first-order valence-corrected chi connectivity index (χ1v) is 10.2. The first-order valence-electron chi connectivity index (χ1n) is 9.43. The number of carbonyl (C=O) groups is 1. The molecular weight excluding hydrogens is 483 g/mol. The zero-order chi connectivity index (χ0) is 22.7. The number of benzene rings is 2. The van der Waals surface area contributed by atoms with Gasteiger partial charge in [0.15, 0.2) is 5.82 Å². The molecule has 1 N–H and O–H groups in total. The van der Waals surface area contributed by atoms with Crippen molar-refractivity contribution in [1.29, 1.82) is 0 Å². The molecule has 0 radical (unpaired) electrons. The smallest absolute Gasteiger partial charge is 0.358 e. The van der Waals surface area contributed by atoms with Gasteiger partial charge in [-0.2, -0.15) is 9.78 Å². The highest BCUT2D eigenvalue weighted by molar-refractivity contribution is 9.10. The van der Waals surface area contributed by atoms with Gasteiger partial charge in [0.1, 0.15) is 10.3 Å². The van der Waals surface area contributed by atoms with Gasteiger partial charge >= 0.3 is 5.82 Å². The predicted molar refractivity (Wildman–Crippen MR) is 118 cm³/mol. The number of carbonyl (C=O) groups excluding carboxylic acids is 1. The molecule has 0 spiro atoms. The van der Waals surface area contributed by atoms with Crippen LogP contribution in [0, 0.1) is 15.9 Å². The molecule has 1 amide bonds. The number of halogens is 2. The SMILES string of the molecule is O=C(Nc1ccn(Cc2cccc(F)c2)n1)c1cccc(Cn2cc(Br)c([N+](=O)[O-])n2)c1. The maximum Gasteiger partial charge on any atom is 0.404 e. The standard InChI is InChI=1S/C21H16BrFN6O3/c22-18-13-28(26-20(18)29(31)32)12-14-3-1-5-16(9-14)21(30)24-19-7-8-27(25-19)11-15-4-2-6-17(23)10-15/h1-10,13H,11-12H2,(H,24,25,30). The second-order valence-electron chi connectivity index (χ2n) is 6.94. The van der Waals surface area contributed by atoms with E-state index in [4.69, 9.17) is 0 Å². The highest BCUT2D eigenvalue weighted by atomic mass is 79.9. The lowest BCUT2D eigenvalue weighted by Gasteiger charge is -2.05. The largest absolute Gasteiger partial charge is 0.404 e. The summed E-state index contributed by atoms with van der Waals surface area (Å²) in [6.07, 6.45) is 3.20. The molecule has 162 valence electrons. The lowest BCUT2D eigenvalue weighted by atomic mass is 10.1. The Bertz CT molecular complexity index is 1300. The van der Waals surface area contributed by atoms with Gasteiger partial charge in [-0.1, -0.05) is 24.3 Å². The molecule has 0 atom stereocenters. The molecule has 0 saturated carbocycles. The highest BCUT2D eigenvalue weighted by Crippen LogP contribution is 2.22. The van der Waals surface area contributed by atoms with Crippen LogP contribution < -0.4 is 5.32 Å². The van der Waals surface area contributed by atoms with Crippen molar-refractivity contribution in [3.63, 3.8) is 0 Å². The molecule has 9 nitrogen and oxygen atoms in total. The third-order valence-electron chi connectivity index (χ3n) is 4.52. The van der Waals surface area contributed by atoms with Crippen LogP contribution in [0.25, 0.3) is 0 Å². The number of anilines is 1. The van der Waals surface area contributed by atoms with Crippen LogP contribution in [-0.2, 0) is 13.1 Å². The van der Waals surface area contributed by atoms with E-state index in [9.17, 15) is 19.3 Å². The summed E-state index contributed by atoms with van der Waals surface area (Å²) in [7, 11) is 0. The van der Waals surface area contributed by atoms with Gasteiger partial charge in [0.05, 0.1) is 24.4 Å². The summed E-state index contributed by atoms with van der Waals surface area (Å²) in [6.45, 7) is 0.629. The summed E-state index contributed by atoms with van der Waals surface area (Å²) >= 11 is 3.12. The fourth-order valence-electron chi connectivity index (χ4n) is 3.12. The van der Waals surface area contributed by atoms with Crippen molar-refractivity contribution in [3.8, 4) is 0 Å². The molecule has 2 heterocycles. The molecule has 0 aliphatic rings. The molecule has 0 saturated heterocycles. The fourth-order valence-corrected chi connectivity index (χ4v) is 3.58. The van der Waals surface area contributed by atoms with Crippen LogP contribution in [0.1, 0.15) is 21.5 Å². The maximum absolute atomic E-state index is 13.3. The zero-order valence-corrected chi connectivity index (χ0v) is 18.1. The molecule has 0 unspecified atom stereocenters. The number of hydrogen-bond acceptors (Lipinski definition) is 5. The summed E-state index contributed by atoms with van der Waals surface area (Å²) in [5.41, 5.74) is 1.91. The lowest BCUT2D eigenvalue weighted by molar-refractivity contribution is -0.390. The Morgan fingerprint density at radius 2 is 1.78 bits per heavy atom. The van der Waals surface area contributed by atoms with E-state index >= 15 is 0 Å². The van der Waals surface area contributed by atoms with Gasteiger partial charge in [-0.25, -0.2) is 4.39 Å². The molecule has 0 aliphatic carbocycles. The fraction of sp³-hybridized carbons (Fsp3) is 0.0952. The van der Waals surface area contributed by atoms with Crippen LogP contribution in [0.3, 0.4) is 0 Å². The van der Waals surface area contributed by atoms with Crippen molar-refractivity contribution in [2.45, 2.75) is 13.1 Å². The van der Waals surface area contributed by atoms with Crippen molar-refractivity contribution in [1.82, 2.24) is 19.6 Å². The summed E-state index contributed by atoms with van der Waals surface area (Å²) in [5.74, 6) is -0.577. The number of nitrogens with one attached hydrogen (secondary N) is 1. The van der Waals surface area contributed by atoms with Gasteiger partial charge in [0, 0.05) is 17.8 Å². The number of amides is 1. The maximum atomic E-state index is 13.3. The van der Waals surface area contributed by atoms with Crippen molar-refractivity contribution >= 4 is 33.5 Å². The van der Waals surface area contributed by atoms with Gasteiger partial charge in [0.2, 0.25) is 0 Å². The Morgan fingerprint density at radius 3 is 2.50 bits per heavy atom. The molecule has 2 aromatic heterocycles. The lowest BCUT2D eigenvalue weighted by Crippen LogP contribution is -2.13. The van der Waals surface area contributed by atoms with Gasteiger partial charge in [-0.05, 0) is 56.2 Å². The normalized spacial score (nSPS) is 10.8. The quantitative estimate of drug-likeness (QED) is 0.302. The van der Waals surface area contributed by atoms with E-state index in [0.29, 0.717) is 17.9 Å². The van der Waals surface area contributed by atoms with Crippen LogP contribution in [0.4, 0.5) is 16.0 Å². The number of nitro groups is 1. The Kier molecular flexibility index (Phi) is 6.08. The van der Waals surface area contributed by atoms with Gasteiger partial charge in [-0.15, -0.1) is 0 Å². The first-order chi connectivity index (χ1) is 15.4. The Balaban J connectivity index is 1.42. The molecule has 0 fully saturated rings. The summed E-state index contributed by atoms with van der Waals surface area (Å²) in [5, 5.41) is 21.9. The third-order valence-corrected chi connectivity index (χ3v) is 5.08. The topological polar surface area (TPSA) is 108 Å². The molecular formula is C21H16BrFN6O3. The van der Waals surface area contributed by atoms with Crippen LogP contribution in [0.5, 0.6) is 0 Å². The average Bonchev–Trinajstić information content (AvgIpc) is 3.34. The second kappa shape index (κ2) is 9.10. The van der Waals surface area contributed by atoms with E-state index < -0.39 is 4.92 Å². The molecule has 4 rings (SSSR count). The average molecular weight is 499 g/mol. The summed E-state index contributed by atoms with van der Waals surface area (Å²) in [6, 6.07) is 14.7. The molecule has 0 bridgehead atoms. The molecule has 2 aromatic carbocycles. The Labute approximate surface area is 189 Å². The van der Waals surface area contributed by atoms with E-state index in [1.54, 1.807) is 53.3 Å². The van der Waals surface area contributed by atoms with Crippen LogP contribution in [-0.4, -0.2) is 30.4 Å². The van der Waals surface area contributed by atoms with E-state index in [1.165, 1.54) is 23.0 Å². The number of aromatic nitrogens is 4. The number of rotatable bonds is 7. The second-order valence-corrected chi connectivity index (χ2v) is 7.79. The number of hydrogen-bond donors (Lipinski definition) is 1. The minimum absolute atomic E-state index is 0.260. The predicted octanol–water partition coefficient (Wildman–Crippen LogP) is 4.24. The van der Waals surface area contributed by atoms with Crippen LogP contribution in [0.2, 0.25) is 0 Å². The minimum Gasteiger partial charge on any atom is -0.358 e.